The number of hydrogen-bond donors (Lipinski definition) is 1. The Balaban J connectivity index is 1.72. The summed E-state index contributed by atoms with van der Waals surface area (Å²) < 4.78 is 28.0. The molecule has 0 amide bonds. The van der Waals surface area contributed by atoms with Gasteiger partial charge in [-0.05, 0) is 25.0 Å². The Kier molecular flexibility index (Phi) is 3.15. The molecule has 1 N–H and O–H groups in total. The molecule has 0 spiro atoms. The summed E-state index contributed by atoms with van der Waals surface area (Å²) >= 11 is 0. The molecule has 0 aliphatic carbocycles. The molecule has 100 valence electrons. The first-order valence-corrected chi connectivity index (χ1v) is 6.34. The third-order valence-electron chi connectivity index (χ3n) is 3.31. The van der Waals surface area contributed by atoms with Gasteiger partial charge < -0.3 is 9.88 Å². The van der Waals surface area contributed by atoms with Gasteiger partial charge in [-0.15, -0.1) is 10.2 Å². The van der Waals surface area contributed by atoms with Crippen LogP contribution in [0.2, 0.25) is 0 Å². The average Bonchev–Trinajstić information content (AvgIpc) is 2.83. The monoisotopic (exact) mass is 264 g/mol. The predicted molar refractivity (Wildman–Crippen MR) is 66.6 cm³/mol. The summed E-state index contributed by atoms with van der Waals surface area (Å²) in [6, 6.07) is 3.76. The van der Waals surface area contributed by atoms with Gasteiger partial charge >= 0.3 is 0 Å². The van der Waals surface area contributed by atoms with Gasteiger partial charge in [-0.2, -0.15) is 0 Å². The maximum Gasteiger partial charge on any atom is 0.160 e. The molecule has 0 fully saturated rings. The number of nitrogens with zero attached hydrogens (tertiary/aromatic N) is 3. The van der Waals surface area contributed by atoms with Crippen molar-refractivity contribution in [3.63, 3.8) is 0 Å². The largest absolute Gasteiger partial charge is 0.378 e. The zero-order valence-corrected chi connectivity index (χ0v) is 10.4. The minimum atomic E-state index is -0.853. The maximum absolute atomic E-state index is 13.1. The van der Waals surface area contributed by atoms with Crippen LogP contribution in [-0.2, 0) is 19.5 Å². The van der Waals surface area contributed by atoms with Crippen LogP contribution in [0, 0.1) is 11.6 Å². The number of rotatable bonds is 3. The second-order valence-electron chi connectivity index (χ2n) is 4.62. The fraction of sp³-hybridized carbons (Fsp3) is 0.385. The van der Waals surface area contributed by atoms with Gasteiger partial charge in [-0.3, -0.25) is 0 Å². The predicted octanol–water partition coefficient (Wildman–Crippen LogP) is 2.50. The lowest BCUT2D eigenvalue weighted by Gasteiger charge is -2.15. The van der Waals surface area contributed by atoms with E-state index < -0.39 is 11.6 Å². The number of anilines is 1. The zero-order valence-electron chi connectivity index (χ0n) is 10.4. The highest BCUT2D eigenvalue weighted by Crippen LogP contribution is 2.17. The van der Waals surface area contributed by atoms with Crippen LogP contribution in [0.25, 0.3) is 0 Å². The first-order chi connectivity index (χ1) is 9.24. The van der Waals surface area contributed by atoms with Crippen molar-refractivity contribution in [2.45, 2.75) is 32.4 Å². The van der Waals surface area contributed by atoms with Crippen LogP contribution in [0.15, 0.2) is 18.2 Å². The van der Waals surface area contributed by atoms with Crippen molar-refractivity contribution in [3.05, 3.63) is 41.5 Å². The molecule has 0 saturated heterocycles. The highest BCUT2D eigenvalue weighted by Gasteiger charge is 2.15. The molecule has 2 aromatic rings. The average molecular weight is 264 g/mol. The number of aryl methyl sites for hydroxylation is 1. The molecule has 1 aliphatic heterocycles. The molecule has 0 unspecified atom stereocenters. The van der Waals surface area contributed by atoms with E-state index >= 15 is 0 Å². The second-order valence-corrected chi connectivity index (χ2v) is 4.62. The maximum atomic E-state index is 13.1. The second kappa shape index (κ2) is 4.95. The summed E-state index contributed by atoms with van der Waals surface area (Å²) in [4.78, 5) is 0. The van der Waals surface area contributed by atoms with Crippen LogP contribution in [0.3, 0.4) is 0 Å². The summed E-state index contributed by atoms with van der Waals surface area (Å²) in [5, 5.41) is 11.3. The Hall–Kier alpha value is -1.98. The van der Waals surface area contributed by atoms with Gasteiger partial charge in [-0.25, -0.2) is 8.78 Å². The Morgan fingerprint density at radius 3 is 2.89 bits per heavy atom. The fourth-order valence-electron chi connectivity index (χ4n) is 2.29. The number of aromatic nitrogens is 3. The van der Waals surface area contributed by atoms with E-state index in [0.717, 1.165) is 49.6 Å². The SMILES string of the molecule is Fc1ccc(NCc2nnc3n2CCCC3)cc1F. The minimum Gasteiger partial charge on any atom is -0.378 e. The summed E-state index contributed by atoms with van der Waals surface area (Å²) in [6.45, 7) is 1.38. The molecule has 0 radical (unpaired) electrons. The third kappa shape index (κ3) is 2.43. The summed E-state index contributed by atoms with van der Waals surface area (Å²) in [5.41, 5.74) is 0.534. The number of nitrogens with one attached hydrogen (secondary N) is 1. The standard InChI is InChI=1S/C13H14F2N4/c14-10-5-4-9(7-11(10)15)16-8-13-18-17-12-3-1-2-6-19(12)13/h4-5,7,16H,1-3,6,8H2. The molecule has 1 aromatic heterocycles. The summed E-state index contributed by atoms with van der Waals surface area (Å²) in [7, 11) is 0. The van der Waals surface area contributed by atoms with Crippen molar-refractivity contribution in [2.75, 3.05) is 5.32 Å². The van der Waals surface area contributed by atoms with Crippen molar-refractivity contribution < 1.29 is 8.78 Å². The zero-order chi connectivity index (χ0) is 13.2. The van der Waals surface area contributed by atoms with E-state index in [1.54, 1.807) is 0 Å². The fourth-order valence-corrected chi connectivity index (χ4v) is 2.29. The molecular formula is C13H14F2N4. The molecule has 6 heteroatoms. The molecule has 4 nitrogen and oxygen atoms in total. The van der Waals surface area contributed by atoms with Crippen LogP contribution in [0.4, 0.5) is 14.5 Å². The molecule has 3 rings (SSSR count). The molecular weight excluding hydrogens is 250 g/mol. The van der Waals surface area contributed by atoms with Gasteiger partial charge in [0.15, 0.2) is 17.5 Å². The normalized spacial score (nSPS) is 14.2. The first-order valence-electron chi connectivity index (χ1n) is 6.34. The van der Waals surface area contributed by atoms with E-state index in [1.807, 2.05) is 0 Å². The Morgan fingerprint density at radius 1 is 1.16 bits per heavy atom. The molecule has 2 heterocycles. The Labute approximate surface area is 109 Å². The van der Waals surface area contributed by atoms with Gasteiger partial charge in [0.2, 0.25) is 0 Å². The number of hydrogen-bond acceptors (Lipinski definition) is 3. The molecule has 1 aromatic carbocycles. The summed E-state index contributed by atoms with van der Waals surface area (Å²) in [6.07, 6.45) is 3.23. The molecule has 0 atom stereocenters. The lowest BCUT2D eigenvalue weighted by atomic mass is 10.2. The van der Waals surface area contributed by atoms with E-state index in [-0.39, 0.29) is 0 Å². The third-order valence-corrected chi connectivity index (χ3v) is 3.31. The number of halogens is 2. The van der Waals surface area contributed by atoms with Gasteiger partial charge in [-0.1, -0.05) is 0 Å². The highest BCUT2D eigenvalue weighted by molar-refractivity contribution is 5.43. The molecule has 0 saturated carbocycles. The number of benzene rings is 1. The van der Waals surface area contributed by atoms with Gasteiger partial charge in [0.05, 0.1) is 6.54 Å². The Bertz CT molecular complexity index is 594. The first kappa shape index (κ1) is 12.1. The van der Waals surface area contributed by atoms with Crippen LogP contribution in [-0.4, -0.2) is 14.8 Å². The van der Waals surface area contributed by atoms with Crippen LogP contribution in [0.1, 0.15) is 24.5 Å². The Morgan fingerprint density at radius 2 is 2.05 bits per heavy atom. The topological polar surface area (TPSA) is 42.7 Å². The van der Waals surface area contributed by atoms with Crippen LogP contribution < -0.4 is 5.32 Å². The van der Waals surface area contributed by atoms with Crippen molar-refractivity contribution in [1.29, 1.82) is 0 Å². The van der Waals surface area contributed by atoms with Gasteiger partial charge in [0, 0.05) is 24.7 Å². The van der Waals surface area contributed by atoms with Gasteiger partial charge in [0.1, 0.15) is 5.82 Å². The minimum absolute atomic E-state index is 0.456. The van der Waals surface area contributed by atoms with E-state index in [0.29, 0.717) is 12.2 Å². The van der Waals surface area contributed by atoms with Crippen molar-refractivity contribution >= 4 is 5.69 Å². The molecule has 1 aliphatic rings. The van der Waals surface area contributed by atoms with Gasteiger partial charge in [0.25, 0.3) is 0 Å². The van der Waals surface area contributed by atoms with Crippen LogP contribution >= 0.6 is 0 Å². The lowest BCUT2D eigenvalue weighted by Crippen LogP contribution is -2.15. The summed E-state index contributed by atoms with van der Waals surface area (Å²) in [5.74, 6) is 0.145. The lowest BCUT2D eigenvalue weighted by molar-refractivity contribution is 0.507. The van der Waals surface area contributed by atoms with Crippen molar-refractivity contribution in [1.82, 2.24) is 14.8 Å². The van der Waals surface area contributed by atoms with E-state index in [4.69, 9.17) is 0 Å². The van der Waals surface area contributed by atoms with Crippen molar-refractivity contribution in [3.8, 4) is 0 Å². The smallest absolute Gasteiger partial charge is 0.160 e. The highest BCUT2D eigenvalue weighted by atomic mass is 19.2. The molecule has 0 bridgehead atoms. The molecule has 19 heavy (non-hydrogen) atoms. The quantitative estimate of drug-likeness (QED) is 0.926. The van der Waals surface area contributed by atoms with Crippen LogP contribution in [0.5, 0.6) is 0 Å². The van der Waals surface area contributed by atoms with E-state index in [2.05, 4.69) is 20.1 Å². The van der Waals surface area contributed by atoms with E-state index in [1.165, 1.54) is 6.07 Å². The van der Waals surface area contributed by atoms with E-state index in [9.17, 15) is 8.78 Å². The number of fused-ring (bicyclic) bond motifs is 1. The van der Waals surface area contributed by atoms with Crippen molar-refractivity contribution in [2.24, 2.45) is 0 Å².